The summed E-state index contributed by atoms with van der Waals surface area (Å²) in [5.74, 6) is 0.279. The van der Waals surface area contributed by atoms with Crippen molar-refractivity contribution in [2.45, 2.75) is 17.6 Å². The lowest BCUT2D eigenvalue weighted by molar-refractivity contribution is 0.650. The zero-order valence-electron chi connectivity index (χ0n) is 40.6. The third-order valence-corrected chi connectivity index (χ3v) is 18.7. The van der Waals surface area contributed by atoms with E-state index in [9.17, 15) is 0 Å². The van der Waals surface area contributed by atoms with Gasteiger partial charge in [-0.1, -0.05) is 231 Å². The fraction of sp³-hybridized carbons (Fsp3) is 0.0556. The molecule has 1 aliphatic heterocycles. The zero-order chi connectivity index (χ0) is 48.7. The van der Waals surface area contributed by atoms with Crippen LogP contribution >= 0.6 is 23.1 Å². The molecule has 0 nitrogen and oxygen atoms in total. The topological polar surface area (TPSA) is 0 Å². The molecule has 12 aromatic rings. The smallest absolute Gasteiger partial charge is 0.0409 e. The molecule has 2 heterocycles. The minimum absolute atomic E-state index is 0.130. The maximum absolute atomic E-state index is 2.56. The molecule has 2 heteroatoms. The van der Waals surface area contributed by atoms with Crippen molar-refractivity contribution in [3.63, 3.8) is 0 Å². The van der Waals surface area contributed by atoms with E-state index in [2.05, 4.69) is 261 Å². The van der Waals surface area contributed by atoms with E-state index in [1.807, 2.05) is 23.1 Å². The van der Waals surface area contributed by atoms with E-state index in [4.69, 9.17) is 0 Å². The number of allylic oxidation sites excluding steroid dienone is 6. The fourth-order valence-corrected chi connectivity index (χ4v) is 14.9. The highest BCUT2D eigenvalue weighted by molar-refractivity contribution is 8.09. The summed E-state index contributed by atoms with van der Waals surface area (Å²) in [5, 5.41) is 13.1. The molecule has 3 atom stereocenters. The third-order valence-electron chi connectivity index (χ3n) is 16.0. The summed E-state index contributed by atoms with van der Waals surface area (Å²) >= 11 is 3.91. The van der Waals surface area contributed by atoms with Crippen molar-refractivity contribution in [3.05, 3.63) is 305 Å². The van der Waals surface area contributed by atoms with Crippen LogP contribution in [0.2, 0.25) is 0 Å². The predicted molar refractivity (Wildman–Crippen MR) is 320 cm³/mol. The molecule has 348 valence electrons. The Balaban J connectivity index is 0.842. The molecule has 0 saturated carbocycles. The van der Waals surface area contributed by atoms with Crippen molar-refractivity contribution >= 4 is 93.0 Å². The summed E-state index contributed by atoms with van der Waals surface area (Å²) in [6.45, 7) is 0. The maximum Gasteiger partial charge on any atom is 0.0409 e. The maximum atomic E-state index is 2.56. The lowest BCUT2D eigenvalue weighted by Crippen LogP contribution is -2.23. The molecule has 1 aromatic heterocycles. The van der Waals surface area contributed by atoms with Crippen LogP contribution in [0.1, 0.15) is 55.8 Å². The van der Waals surface area contributed by atoms with Crippen molar-refractivity contribution in [2.24, 2.45) is 5.92 Å². The van der Waals surface area contributed by atoms with E-state index in [1.165, 1.54) is 135 Å². The van der Waals surface area contributed by atoms with Gasteiger partial charge in [-0.15, -0.1) is 23.1 Å². The van der Waals surface area contributed by atoms with Crippen LogP contribution in [0, 0.1) is 5.92 Å². The highest BCUT2D eigenvalue weighted by Crippen LogP contribution is 2.54. The molecule has 0 radical (unpaired) electrons. The zero-order valence-corrected chi connectivity index (χ0v) is 42.2. The molecule has 0 bridgehead atoms. The van der Waals surface area contributed by atoms with Gasteiger partial charge in [0.1, 0.15) is 0 Å². The molecular formula is C72H48S2. The first-order valence-electron chi connectivity index (χ1n) is 25.9. The Kier molecular flexibility index (Phi) is 10.4. The summed E-state index contributed by atoms with van der Waals surface area (Å²) in [6, 6.07) is 88.7. The average Bonchev–Trinajstić information content (AvgIpc) is 4.18. The number of rotatable bonds is 7. The first-order chi connectivity index (χ1) is 36.7. The van der Waals surface area contributed by atoms with Crippen molar-refractivity contribution in [1.29, 1.82) is 0 Å². The Morgan fingerprint density at radius 1 is 0.405 bits per heavy atom. The Morgan fingerprint density at radius 3 is 1.74 bits per heavy atom. The van der Waals surface area contributed by atoms with E-state index in [-0.39, 0.29) is 11.8 Å². The van der Waals surface area contributed by atoms with Crippen LogP contribution in [0.15, 0.2) is 266 Å². The Bertz CT molecular complexity index is 4330. The third kappa shape index (κ3) is 7.27. The number of hydrogen-bond donors (Lipinski definition) is 0. The highest BCUT2D eigenvalue weighted by atomic mass is 32.2. The van der Waals surface area contributed by atoms with Gasteiger partial charge in [0.2, 0.25) is 0 Å². The normalized spacial score (nSPS) is 17.3. The van der Waals surface area contributed by atoms with Gasteiger partial charge in [0, 0.05) is 31.7 Å². The van der Waals surface area contributed by atoms with E-state index in [0.717, 1.165) is 6.42 Å². The Morgan fingerprint density at radius 2 is 0.959 bits per heavy atom. The SMILES string of the molecule is C1=CC2C(=C(c3ccc4ccccc4c3)c3ccccc3C2c2ccc3ccccc3c2)C=C1c1c2ccccc2c(-c2ccc3cc(C4CC=C(c5ccc(-c6ccccc6)s5)S4)ccc3c2)c2ccccc12. The molecule has 0 fully saturated rings. The molecule has 3 aliphatic rings. The molecule has 0 saturated heterocycles. The largest absolute Gasteiger partial charge is 0.135 e. The molecule has 11 aromatic carbocycles. The van der Waals surface area contributed by atoms with Gasteiger partial charge in [-0.2, -0.15) is 0 Å². The van der Waals surface area contributed by atoms with E-state index in [1.54, 1.807) is 0 Å². The number of thiophene rings is 1. The summed E-state index contributed by atoms with van der Waals surface area (Å²) in [7, 11) is 0. The van der Waals surface area contributed by atoms with Gasteiger partial charge in [0.25, 0.3) is 0 Å². The van der Waals surface area contributed by atoms with Crippen molar-refractivity contribution < 1.29 is 0 Å². The van der Waals surface area contributed by atoms with Gasteiger partial charge in [-0.25, -0.2) is 0 Å². The quantitative estimate of drug-likeness (QED) is 0.143. The fourth-order valence-electron chi connectivity index (χ4n) is 12.5. The molecule has 3 unspecified atom stereocenters. The van der Waals surface area contributed by atoms with Gasteiger partial charge in [0.05, 0.1) is 0 Å². The van der Waals surface area contributed by atoms with E-state index >= 15 is 0 Å². The minimum atomic E-state index is 0.130. The van der Waals surface area contributed by atoms with Gasteiger partial charge in [0.15, 0.2) is 0 Å². The molecule has 0 spiro atoms. The monoisotopic (exact) mass is 976 g/mol. The van der Waals surface area contributed by atoms with Crippen molar-refractivity contribution in [2.75, 3.05) is 0 Å². The first kappa shape index (κ1) is 43.3. The van der Waals surface area contributed by atoms with Crippen LogP contribution < -0.4 is 0 Å². The Labute approximate surface area is 440 Å². The van der Waals surface area contributed by atoms with Crippen molar-refractivity contribution in [1.82, 2.24) is 0 Å². The first-order valence-corrected chi connectivity index (χ1v) is 27.6. The van der Waals surface area contributed by atoms with Crippen LogP contribution in [-0.2, 0) is 0 Å². The standard InChI is InChI=1S/C72H48S2/c1-2-16-47(17-3-1)65-36-38-67(73-65)68-39-37-66(74-68)52-30-28-51-43-54(33-29-50(51)40-52)69-57-20-8-10-22-59(57)71(60-23-11-9-21-58(60)69)56-34-35-63-64(44-56)72(55-32-27-46-15-5-7-19-49(46)42-55)62-25-13-12-24-61(62)70(63)53-31-26-45-14-4-6-18-48(45)41-53/h1-36,38-44,63,66,70H,37H2. The molecule has 0 amide bonds. The van der Waals surface area contributed by atoms with Gasteiger partial charge in [-0.3, -0.25) is 0 Å². The molecule has 74 heavy (non-hydrogen) atoms. The number of thioether (sulfide) groups is 1. The number of fused-ring (bicyclic) bond motifs is 7. The second-order valence-electron chi connectivity index (χ2n) is 20.2. The van der Waals surface area contributed by atoms with Crippen LogP contribution in [0.3, 0.4) is 0 Å². The van der Waals surface area contributed by atoms with E-state index < -0.39 is 0 Å². The number of hydrogen-bond acceptors (Lipinski definition) is 2. The van der Waals surface area contributed by atoms with Crippen LogP contribution in [-0.4, -0.2) is 0 Å². The summed E-state index contributed by atoms with van der Waals surface area (Å²) in [4.78, 5) is 4.08. The summed E-state index contributed by atoms with van der Waals surface area (Å²) in [6.07, 6.45) is 11.0. The van der Waals surface area contributed by atoms with Crippen molar-refractivity contribution in [3.8, 4) is 21.6 Å². The molecule has 2 aliphatic carbocycles. The molecular weight excluding hydrogens is 929 g/mol. The number of benzene rings is 11. The second-order valence-corrected chi connectivity index (χ2v) is 22.5. The van der Waals surface area contributed by atoms with Gasteiger partial charge in [-0.05, 0) is 157 Å². The molecule has 0 N–H and O–H groups in total. The summed E-state index contributed by atoms with van der Waals surface area (Å²) in [5.41, 5.74) is 15.7. The summed E-state index contributed by atoms with van der Waals surface area (Å²) < 4.78 is 0. The lowest BCUT2D eigenvalue weighted by atomic mass is 9.65. The van der Waals surface area contributed by atoms with E-state index in [0.29, 0.717) is 5.25 Å². The minimum Gasteiger partial charge on any atom is -0.135 e. The lowest BCUT2D eigenvalue weighted by Gasteiger charge is -2.38. The van der Waals surface area contributed by atoms with Gasteiger partial charge >= 0.3 is 0 Å². The van der Waals surface area contributed by atoms with Gasteiger partial charge < -0.3 is 0 Å². The van der Waals surface area contributed by atoms with Crippen LogP contribution in [0.5, 0.6) is 0 Å². The highest BCUT2D eigenvalue weighted by Gasteiger charge is 2.37. The predicted octanol–water partition coefficient (Wildman–Crippen LogP) is 20.3. The average molecular weight is 977 g/mol. The second kappa shape index (κ2) is 17.7. The molecule has 15 rings (SSSR count). The van der Waals surface area contributed by atoms with Crippen LogP contribution in [0.25, 0.3) is 91.5 Å². The van der Waals surface area contributed by atoms with Crippen LogP contribution in [0.4, 0.5) is 0 Å². The Hall–Kier alpha value is -8.27.